The third-order valence-corrected chi connectivity index (χ3v) is 8.32. The Morgan fingerprint density at radius 1 is 0.489 bits per heavy atom. The Morgan fingerprint density at radius 2 is 0.830 bits per heavy atom. The SMILES string of the molecule is CCCOc1c2cccc1Cc1cccc(c1OCCC)Cc1c(N=[N+]=[N-])ccc(c1OCCC)Cc1cccc(c1OCCC)C2. The fourth-order valence-electron chi connectivity index (χ4n) is 6.23. The second kappa shape index (κ2) is 16.8. The molecule has 7 heteroatoms. The topological polar surface area (TPSA) is 85.7 Å². The van der Waals surface area contributed by atoms with Gasteiger partial charge in [0.15, 0.2) is 0 Å². The molecule has 0 saturated heterocycles. The molecule has 246 valence electrons. The van der Waals surface area contributed by atoms with Crippen LogP contribution in [-0.4, -0.2) is 26.4 Å². The van der Waals surface area contributed by atoms with Gasteiger partial charge in [-0.1, -0.05) is 99.5 Å². The number of para-hydroxylation sites is 3. The van der Waals surface area contributed by atoms with Crippen LogP contribution in [0.25, 0.3) is 10.4 Å². The molecule has 47 heavy (non-hydrogen) atoms. The summed E-state index contributed by atoms with van der Waals surface area (Å²) < 4.78 is 26.1. The third-order valence-electron chi connectivity index (χ3n) is 8.32. The summed E-state index contributed by atoms with van der Waals surface area (Å²) in [4.78, 5) is 3.19. The standard InChI is InChI=1S/C40H47N3O4/c1-5-20-44-37-28-12-9-13-30(37)25-31-16-11-17-33(39(31)46-22-7-3)27-35-36(42-43-41)19-18-34(40(35)47-23-8-4)26-32-15-10-14-29(24-28)38(32)45-21-6-2/h9-19H,5-8,20-27H2,1-4H3. The molecule has 1 aliphatic rings. The molecular formula is C40H47N3O4. The normalized spacial score (nSPS) is 12.2. The molecule has 0 aromatic heterocycles. The van der Waals surface area contributed by atoms with E-state index in [1.54, 1.807) is 0 Å². The third kappa shape index (κ3) is 8.04. The monoisotopic (exact) mass is 633 g/mol. The van der Waals surface area contributed by atoms with E-state index >= 15 is 0 Å². The molecule has 0 radical (unpaired) electrons. The summed E-state index contributed by atoms with van der Waals surface area (Å²) in [6.45, 7) is 10.9. The number of rotatable bonds is 13. The van der Waals surface area contributed by atoms with Crippen LogP contribution in [-0.2, 0) is 25.7 Å². The van der Waals surface area contributed by atoms with Crippen LogP contribution in [0.3, 0.4) is 0 Å². The van der Waals surface area contributed by atoms with Gasteiger partial charge in [-0.05, 0) is 70.2 Å². The summed E-state index contributed by atoms with van der Waals surface area (Å²) in [7, 11) is 0. The lowest BCUT2D eigenvalue weighted by Gasteiger charge is -2.23. The van der Waals surface area contributed by atoms with Crippen LogP contribution in [0.2, 0.25) is 0 Å². The minimum Gasteiger partial charge on any atom is -0.493 e. The van der Waals surface area contributed by atoms with Crippen LogP contribution in [0, 0.1) is 0 Å². The van der Waals surface area contributed by atoms with Gasteiger partial charge in [0.1, 0.15) is 23.0 Å². The van der Waals surface area contributed by atoms with Crippen molar-refractivity contribution in [2.75, 3.05) is 26.4 Å². The molecule has 1 aliphatic carbocycles. The lowest BCUT2D eigenvalue weighted by Crippen LogP contribution is -2.10. The molecule has 0 N–H and O–H groups in total. The highest BCUT2D eigenvalue weighted by Crippen LogP contribution is 2.41. The molecule has 4 aromatic carbocycles. The van der Waals surface area contributed by atoms with Gasteiger partial charge in [0.2, 0.25) is 0 Å². The van der Waals surface area contributed by atoms with Crippen molar-refractivity contribution in [3.05, 3.63) is 122 Å². The van der Waals surface area contributed by atoms with Gasteiger partial charge in [-0.3, -0.25) is 0 Å². The molecule has 0 spiro atoms. The predicted molar refractivity (Wildman–Crippen MR) is 189 cm³/mol. The van der Waals surface area contributed by atoms with Gasteiger partial charge in [-0.2, -0.15) is 0 Å². The molecule has 7 nitrogen and oxygen atoms in total. The van der Waals surface area contributed by atoms with Crippen LogP contribution in [0.5, 0.6) is 23.0 Å². The van der Waals surface area contributed by atoms with E-state index in [4.69, 9.17) is 18.9 Å². The molecule has 0 heterocycles. The fraction of sp³-hybridized carbons (Fsp3) is 0.400. The van der Waals surface area contributed by atoms with E-state index in [9.17, 15) is 5.53 Å². The average Bonchev–Trinajstić information content (AvgIpc) is 3.08. The van der Waals surface area contributed by atoms with E-state index in [2.05, 4.69) is 92.3 Å². The molecule has 0 unspecified atom stereocenters. The first-order valence-electron chi connectivity index (χ1n) is 17.1. The molecule has 5 rings (SSSR count). The van der Waals surface area contributed by atoms with Crippen molar-refractivity contribution in [3.8, 4) is 23.0 Å². The lowest BCUT2D eigenvalue weighted by atomic mass is 9.91. The van der Waals surface area contributed by atoms with Crippen LogP contribution >= 0.6 is 0 Å². The van der Waals surface area contributed by atoms with Crippen molar-refractivity contribution in [2.45, 2.75) is 79.1 Å². The molecule has 0 amide bonds. The second-order valence-electron chi connectivity index (χ2n) is 12.1. The van der Waals surface area contributed by atoms with Crippen LogP contribution < -0.4 is 18.9 Å². The molecule has 8 bridgehead atoms. The average molecular weight is 634 g/mol. The largest absolute Gasteiger partial charge is 0.493 e. The van der Waals surface area contributed by atoms with Gasteiger partial charge >= 0.3 is 0 Å². The Balaban J connectivity index is 1.80. The number of fused-ring (bicyclic) bond motifs is 8. The molecule has 0 atom stereocenters. The Bertz CT molecular complexity index is 1710. The smallest absolute Gasteiger partial charge is 0.126 e. The highest BCUT2D eigenvalue weighted by atomic mass is 16.5. The number of hydrogen-bond donors (Lipinski definition) is 0. The first-order valence-corrected chi connectivity index (χ1v) is 17.1. The molecule has 0 fully saturated rings. The number of hydrogen-bond acceptors (Lipinski definition) is 5. The highest BCUT2D eigenvalue weighted by molar-refractivity contribution is 5.62. The quantitative estimate of drug-likeness (QED) is 0.0733. The lowest BCUT2D eigenvalue weighted by molar-refractivity contribution is 0.304. The van der Waals surface area contributed by atoms with Gasteiger partial charge in [-0.25, -0.2) is 0 Å². The van der Waals surface area contributed by atoms with Crippen LogP contribution in [0.4, 0.5) is 5.69 Å². The zero-order chi connectivity index (χ0) is 33.0. The van der Waals surface area contributed by atoms with Crippen molar-refractivity contribution < 1.29 is 18.9 Å². The number of azide groups is 1. The van der Waals surface area contributed by atoms with E-state index in [0.717, 1.165) is 93.2 Å². The van der Waals surface area contributed by atoms with Crippen LogP contribution in [0.1, 0.15) is 97.9 Å². The van der Waals surface area contributed by atoms with E-state index < -0.39 is 0 Å². The number of ether oxygens (including phenoxy) is 4. The Labute approximate surface area is 279 Å². The fourth-order valence-corrected chi connectivity index (χ4v) is 6.23. The molecular weight excluding hydrogens is 586 g/mol. The maximum Gasteiger partial charge on any atom is 0.126 e. The number of benzene rings is 4. The second-order valence-corrected chi connectivity index (χ2v) is 12.1. The summed E-state index contributed by atoms with van der Waals surface area (Å²) >= 11 is 0. The van der Waals surface area contributed by atoms with Gasteiger partial charge in [0.05, 0.1) is 26.4 Å². The van der Waals surface area contributed by atoms with E-state index in [-0.39, 0.29) is 0 Å². The first-order chi connectivity index (χ1) is 23.1. The van der Waals surface area contributed by atoms with Gasteiger partial charge in [0.25, 0.3) is 0 Å². The zero-order valence-electron chi connectivity index (χ0n) is 28.3. The first kappa shape index (κ1) is 33.7. The molecule has 0 saturated carbocycles. The predicted octanol–water partition coefficient (Wildman–Crippen LogP) is 10.5. The van der Waals surface area contributed by atoms with E-state index in [1.807, 2.05) is 12.1 Å². The van der Waals surface area contributed by atoms with Crippen molar-refractivity contribution in [1.29, 1.82) is 0 Å². The summed E-state index contributed by atoms with van der Waals surface area (Å²) in [6, 6.07) is 23.2. The molecule has 0 aliphatic heterocycles. The van der Waals surface area contributed by atoms with Crippen molar-refractivity contribution in [1.82, 2.24) is 0 Å². The highest BCUT2D eigenvalue weighted by Gasteiger charge is 2.23. The maximum atomic E-state index is 9.57. The molecule has 4 aromatic rings. The van der Waals surface area contributed by atoms with Gasteiger partial charge in [-0.15, -0.1) is 0 Å². The van der Waals surface area contributed by atoms with E-state index in [0.29, 0.717) is 57.8 Å². The van der Waals surface area contributed by atoms with Gasteiger partial charge < -0.3 is 18.9 Å². The Hall–Kier alpha value is -4.61. The van der Waals surface area contributed by atoms with Crippen molar-refractivity contribution >= 4 is 5.69 Å². The summed E-state index contributed by atoms with van der Waals surface area (Å²) in [6.07, 6.45) is 6.00. The van der Waals surface area contributed by atoms with Gasteiger partial charge in [0, 0.05) is 41.8 Å². The minimum absolute atomic E-state index is 0.493. The zero-order valence-corrected chi connectivity index (χ0v) is 28.3. The summed E-state index contributed by atoms with van der Waals surface area (Å²) in [5, 5.41) is 4.14. The summed E-state index contributed by atoms with van der Waals surface area (Å²) in [5.41, 5.74) is 18.6. The van der Waals surface area contributed by atoms with Crippen molar-refractivity contribution in [2.24, 2.45) is 5.11 Å². The minimum atomic E-state index is 0.493. The van der Waals surface area contributed by atoms with Crippen molar-refractivity contribution in [3.63, 3.8) is 0 Å². The Morgan fingerprint density at radius 3 is 1.19 bits per heavy atom. The number of nitrogens with zero attached hydrogens (tertiary/aromatic N) is 3. The maximum absolute atomic E-state index is 9.57. The van der Waals surface area contributed by atoms with Crippen LogP contribution in [0.15, 0.2) is 71.8 Å². The Kier molecular flexibility index (Phi) is 12.1. The van der Waals surface area contributed by atoms with E-state index in [1.165, 1.54) is 0 Å². The summed E-state index contributed by atoms with van der Waals surface area (Å²) in [5.74, 6) is 3.48.